The minimum atomic E-state index is -4.36. The molecule has 27 heavy (non-hydrogen) atoms. The summed E-state index contributed by atoms with van der Waals surface area (Å²) in [5.74, 6) is -0.318. The monoisotopic (exact) mass is 375 g/mol. The lowest BCUT2D eigenvalue weighted by Crippen LogP contribution is -2.32. The Bertz CT molecular complexity index is 986. The summed E-state index contributed by atoms with van der Waals surface area (Å²) in [6, 6.07) is 10.4. The number of fused-ring (bicyclic) bond motifs is 1. The van der Waals surface area contributed by atoms with Crippen LogP contribution in [-0.2, 0) is 6.18 Å². The maximum absolute atomic E-state index is 12.6. The summed E-state index contributed by atoms with van der Waals surface area (Å²) in [5, 5.41) is 9.91. The van der Waals surface area contributed by atoms with Crippen molar-refractivity contribution >= 4 is 16.9 Å². The van der Waals surface area contributed by atoms with E-state index in [9.17, 15) is 23.1 Å². The number of ether oxygens (including phenoxy) is 1. The highest BCUT2D eigenvalue weighted by molar-refractivity contribution is 6.03. The van der Waals surface area contributed by atoms with Crippen LogP contribution in [0.1, 0.15) is 40.2 Å². The molecule has 4 rings (SSSR count). The van der Waals surface area contributed by atoms with Crippen LogP contribution in [0.15, 0.2) is 48.7 Å². The second kappa shape index (κ2) is 6.33. The number of carbonyl (C=O) groups is 1. The number of H-pyrrole nitrogens is 1. The van der Waals surface area contributed by atoms with E-state index in [0.29, 0.717) is 11.1 Å². The van der Waals surface area contributed by atoms with Gasteiger partial charge in [-0.15, -0.1) is 0 Å². The van der Waals surface area contributed by atoms with Crippen molar-refractivity contribution in [1.29, 1.82) is 0 Å². The first kappa shape index (κ1) is 17.5. The number of carboxylic acids is 1. The minimum absolute atomic E-state index is 0.0624. The molecule has 140 valence electrons. The van der Waals surface area contributed by atoms with Gasteiger partial charge in [0.15, 0.2) is 0 Å². The molecule has 0 unspecified atom stereocenters. The molecule has 1 aliphatic rings. The van der Waals surface area contributed by atoms with Gasteiger partial charge in [-0.1, -0.05) is 6.07 Å². The number of hydrogen-bond donors (Lipinski definition) is 2. The molecular formula is C20H16F3NO3. The zero-order valence-electron chi connectivity index (χ0n) is 14.1. The van der Waals surface area contributed by atoms with Crippen LogP contribution < -0.4 is 4.74 Å². The molecule has 1 heterocycles. The zero-order valence-corrected chi connectivity index (χ0v) is 14.1. The molecule has 0 saturated heterocycles. The van der Waals surface area contributed by atoms with E-state index in [1.165, 1.54) is 18.3 Å². The van der Waals surface area contributed by atoms with Crippen molar-refractivity contribution in [3.8, 4) is 5.75 Å². The van der Waals surface area contributed by atoms with Crippen LogP contribution in [0, 0.1) is 0 Å². The number of alkyl halides is 3. The van der Waals surface area contributed by atoms with E-state index >= 15 is 0 Å². The topological polar surface area (TPSA) is 62.3 Å². The first-order valence-corrected chi connectivity index (χ1v) is 8.49. The summed E-state index contributed by atoms with van der Waals surface area (Å²) in [4.78, 5) is 14.2. The number of carboxylic acid groups (broad SMARTS) is 1. The Morgan fingerprint density at radius 2 is 1.81 bits per heavy atom. The van der Waals surface area contributed by atoms with Gasteiger partial charge < -0.3 is 14.8 Å². The largest absolute Gasteiger partial charge is 0.490 e. The van der Waals surface area contributed by atoms with Crippen LogP contribution in [0.5, 0.6) is 5.75 Å². The SMILES string of the molecule is O=C(O)c1c[nH]c2ccc([C@H]3C[C@H](Oc4ccc(C(F)(F)F)cc4)C3)cc12. The molecule has 1 fully saturated rings. The summed E-state index contributed by atoms with van der Waals surface area (Å²) >= 11 is 0. The number of aromatic carboxylic acids is 1. The van der Waals surface area contributed by atoms with Gasteiger partial charge in [0.25, 0.3) is 0 Å². The smallest absolute Gasteiger partial charge is 0.416 e. The third-order valence-corrected chi connectivity index (χ3v) is 4.99. The fraction of sp³-hybridized carbons (Fsp3) is 0.250. The van der Waals surface area contributed by atoms with Gasteiger partial charge in [0, 0.05) is 17.1 Å². The Balaban J connectivity index is 1.41. The fourth-order valence-electron chi connectivity index (χ4n) is 3.42. The molecule has 1 aliphatic carbocycles. The van der Waals surface area contributed by atoms with Crippen LogP contribution >= 0.6 is 0 Å². The number of nitrogens with one attached hydrogen (secondary N) is 1. The lowest BCUT2D eigenvalue weighted by Gasteiger charge is -2.35. The van der Waals surface area contributed by atoms with Crippen LogP contribution in [0.3, 0.4) is 0 Å². The van der Waals surface area contributed by atoms with Crippen molar-refractivity contribution in [1.82, 2.24) is 4.98 Å². The van der Waals surface area contributed by atoms with Crippen LogP contribution in [0.2, 0.25) is 0 Å². The second-order valence-corrected chi connectivity index (χ2v) is 6.74. The maximum atomic E-state index is 12.6. The van der Waals surface area contributed by atoms with Crippen molar-refractivity contribution < 1.29 is 27.8 Å². The van der Waals surface area contributed by atoms with E-state index in [4.69, 9.17) is 4.74 Å². The lowest BCUT2D eigenvalue weighted by molar-refractivity contribution is -0.137. The molecule has 2 aromatic carbocycles. The molecule has 0 amide bonds. The highest BCUT2D eigenvalue weighted by Crippen LogP contribution is 2.40. The van der Waals surface area contributed by atoms with Crippen LogP contribution in [-0.4, -0.2) is 22.2 Å². The predicted molar refractivity (Wildman–Crippen MR) is 93.1 cm³/mol. The van der Waals surface area contributed by atoms with Gasteiger partial charge in [-0.05, 0) is 60.7 Å². The average molecular weight is 375 g/mol. The first-order chi connectivity index (χ1) is 12.8. The van der Waals surface area contributed by atoms with E-state index in [2.05, 4.69) is 4.98 Å². The molecular weight excluding hydrogens is 359 g/mol. The van der Waals surface area contributed by atoms with Crippen LogP contribution in [0.25, 0.3) is 10.9 Å². The predicted octanol–water partition coefficient (Wildman–Crippen LogP) is 5.21. The Morgan fingerprint density at radius 1 is 1.11 bits per heavy atom. The Hall–Kier alpha value is -2.96. The van der Waals surface area contributed by atoms with Crippen molar-refractivity contribution in [3.05, 3.63) is 65.4 Å². The zero-order chi connectivity index (χ0) is 19.2. The fourth-order valence-corrected chi connectivity index (χ4v) is 3.42. The first-order valence-electron chi connectivity index (χ1n) is 8.49. The number of aromatic nitrogens is 1. The second-order valence-electron chi connectivity index (χ2n) is 6.74. The van der Waals surface area contributed by atoms with Crippen molar-refractivity contribution in [2.24, 2.45) is 0 Å². The number of halogens is 3. The molecule has 2 N–H and O–H groups in total. The molecule has 1 saturated carbocycles. The van der Waals surface area contributed by atoms with Crippen molar-refractivity contribution in [2.45, 2.75) is 31.0 Å². The van der Waals surface area contributed by atoms with E-state index in [-0.39, 0.29) is 17.6 Å². The van der Waals surface area contributed by atoms with E-state index in [0.717, 1.165) is 36.1 Å². The summed E-state index contributed by atoms with van der Waals surface area (Å²) < 4.78 is 43.5. The highest BCUT2D eigenvalue weighted by atomic mass is 19.4. The molecule has 7 heteroatoms. The van der Waals surface area contributed by atoms with Gasteiger partial charge >= 0.3 is 12.1 Å². The van der Waals surface area contributed by atoms with E-state index < -0.39 is 17.7 Å². The summed E-state index contributed by atoms with van der Waals surface area (Å²) in [7, 11) is 0. The average Bonchev–Trinajstić information content (AvgIpc) is 3.00. The van der Waals surface area contributed by atoms with Crippen molar-refractivity contribution in [3.63, 3.8) is 0 Å². The Morgan fingerprint density at radius 3 is 2.44 bits per heavy atom. The highest BCUT2D eigenvalue weighted by Gasteiger charge is 2.33. The van der Waals surface area contributed by atoms with Gasteiger partial charge in [-0.3, -0.25) is 0 Å². The quantitative estimate of drug-likeness (QED) is 0.658. The standard InChI is InChI=1S/C20H16F3NO3/c21-20(22,23)13-2-4-14(5-3-13)27-15-7-12(8-15)11-1-6-18-16(9-11)17(10-24-18)19(25)26/h1-6,9-10,12,15,24H,7-8H2,(H,25,26)/t12-,15-. The molecule has 0 radical (unpaired) electrons. The number of aromatic amines is 1. The third kappa shape index (κ3) is 3.37. The Kier molecular flexibility index (Phi) is 4.09. The third-order valence-electron chi connectivity index (χ3n) is 4.99. The van der Waals surface area contributed by atoms with E-state index in [1.54, 1.807) is 0 Å². The van der Waals surface area contributed by atoms with Crippen molar-refractivity contribution in [2.75, 3.05) is 0 Å². The summed E-state index contributed by atoms with van der Waals surface area (Å²) in [6.45, 7) is 0. The normalized spacial score (nSPS) is 19.7. The molecule has 4 nitrogen and oxygen atoms in total. The van der Waals surface area contributed by atoms with Gasteiger partial charge in [0.05, 0.1) is 17.2 Å². The van der Waals surface area contributed by atoms with Gasteiger partial charge in [-0.2, -0.15) is 13.2 Å². The minimum Gasteiger partial charge on any atom is -0.490 e. The molecule has 0 atom stereocenters. The number of hydrogen-bond acceptors (Lipinski definition) is 2. The molecule has 1 aromatic heterocycles. The van der Waals surface area contributed by atoms with Crippen LogP contribution in [0.4, 0.5) is 13.2 Å². The summed E-state index contributed by atoms with van der Waals surface area (Å²) in [6.07, 6.45) is -1.47. The summed E-state index contributed by atoms with van der Waals surface area (Å²) in [5.41, 5.74) is 1.35. The Labute approximate surface area is 152 Å². The van der Waals surface area contributed by atoms with E-state index in [1.807, 2.05) is 18.2 Å². The molecule has 3 aromatic rings. The number of rotatable bonds is 4. The molecule has 0 aliphatic heterocycles. The van der Waals surface area contributed by atoms with Gasteiger partial charge in [-0.25, -0.2) is 4.79 Å². The lowest BCUT2D eigenvalue weighted by atomic mass is 9.77. The van der Waals surface area contributed by atoms with Gasteiger partial charge in [0.1, 0.15) is 5.75 Å². The number of benzene rings is 2. The molecule has 0 bridgehead atoms. The molecule has 0 spiro atoms. The van der Waals surface area contributed by atoms with Gasteiger partial charge in [0.2, 0.25) is 0 Å². The maximum Gasteiger partial charge on any atom is 0.416 e.